The molecule has 0 saturated carbocycles. The third-order valence-corrected chi connectivity index (χ3v) is 14.3. The minimum absolute atomic E-state index is 0.00286. The molecule has 0 aliphatic heterocycles. The molecule has 8 aromatic rings. The maximum Gasteiger partial charge on any atom is 0.461 e. The number of benzene rings is 8. The second kappa shape index (κ2) is 28.6. The van der Waals surface area contributed by atoms with Gasteiger partial charge in [-0.1, -0.05) is 48.5 Å². The molecule has 8 nitrogen and oxygen atoms in total. The van der Waals surface area contributed by atoms with Crippen molar-refractivity contribution in [3.05, 3.63) is 271 Å². The molecule has 0 unspecified atom stereocenters. The largest absolute Gasteiger partial charge is 0.461 e. The average molecular weight is 1420 g/mol. The number of amides is 2. The number of alkyl halides is 20. The van der Waals surface area contributed by atoms with Gasteiger partial charge < -0.3 is 25.8 Å². The zero-order valence-electron chi connectivity index (χ0n) is 48.3. The Bertz CT molecular complexity index is 4270. The van der Waals surface area contributed by atoms with Gasteiger partial charge in [-0.25, -0.2) is 26.3 Å². The van der Waals surface area contributed by atoms with Crippen LogP contribution in [0.2, 0.25) is 0 Å². The zero-order chi connectivity index (χ0) is 73.1. The lowest BCUT2D eigenvalue weighted by Gasteiger charge is -2.37. The highest BCUT2D eigenvalue weighted by molar-refractivity contribution is 5.96. The molecule has 98 heavy (non-hydrogen) atoms. The number of rotatable bonds is 19. The minimum Gasteiger partial charge on any atom is -0.428 e. The summed E-state index contributed by atoms with van der Waals surface area (Å²) in [5.74, 6) is -16.1. The van der Waals surface area contributed by atoms with Crippen LogP contribution in [0, 0.1) is 46.2 Å². The minimum atomic E-state index is -5.42. The van der Waals surface area contributed by atoms with E-state index in [2.05, 4.69) is 20.1 Å². The van der Waals surface area contributed by atoms with Gasteiger partial charge in [0, 0.05) is 42.6 Å². The molecular formula is C64H38F26N4O4. The molecule has 8 aromatic carbocycles. The number of nitriles is 1. The normalized spacial score (nSPS) is 13.6. The van der Waals surface area contributed by atoms with Crippen LogP contribution in [0.25, 0.3) is 0 Å². The first-order chi connectivity index (χ1) is 45.3. The van der Waals surface area contributed by atoms with Gasteiger partial charge in [-0.05, 0) is 136 Å². The Morgan fingerprint density at radius 2 is 0.704 bits per heavy atom. The molecule has 0 aliphatic rings. The van der Waals surface area contributed by atoms with Crippen LogP contribution in [-0.4, -0.2) is 36.9 Å². The van der Waals surface area contributed by atoms with E-state index in [-0.39, 0.29) is 77.8 Å². The Hall–Kier alpha value is -10.1. The number of nitrogens with one attached hydrogen (secondary N) is 2. The first-order valence-electron chi connectivity index (χ1n) is 27.0. The van der Waals surface area contributed by atoms with E-state index < -0.39 is 188 Å². The summed E-state index contributed by atoms with van der Waals surface area (Å²) >= 11 is 0. The average Bonchev–Trinajstić information content (AvgIpc) is 0.753. The third kappa shape index (κ3) is 17.5. The van der Waals surface area contributed by atoms with Gasteiger partial charge in [-0.3, -0.25) is 9.59 Å². The number of carbonyl (C=O) groups excluding carboxylic acids is 2. The summed E-state index contributed by atoms with van der Waals surface area (Å²) in [6.07, 6.45) is -42.4. The van der Waals surface area contributed by atoms with Crippen molar-refractivity contribution in [2.45, 2.75) is 80.2 Å². The summed E-state index contributed by atoms with van der Waals surface area (Å²) in [6, 6.07) is 18.3. The number of hydrogen-bond donors (Lipinski definition) is 3. The monoisotopic (exact) mass is 1420 g/mol. The fourth-order valence-electron chi connectivity index (χ4n) is 9.68. The summed E-state index contributed by atoms with van der Waals surface area (Å²) in [4.78, 5) is 27.3. The molecule has 0 aromatic heterocycles. The van der Waals surface area contributed by atoms with E-state index >= 15 is 8.78 Å². The third-order valence-electron chi connectivity index (χ3n) is 14.3. The highest BCUT2D eigenvalue weighted by atomic mass is 19.4. The Kier molecular flexibility index (Phi) is 21.9. The van der Waals surface area contributed by atoms with Crippen molar-refractivity contribution in [2.24, 2.45) is 5.73 Å². The van der Waals surface area contributed by atoms with E-state index in [1.807, 2.05) is 0 Å². The van der Waals surface area contributed by atoms with Crippen LogP contribution in [-0.2, 0) is 55.2 Å². The molecule has 0 heterocycles. The van der Waals surface area contributed by atoms with Gasteiger partial charge in [0.05, 0.1) is 45.0 Å². The van der Waals surface area contributed by atoms with Gasteiger partial charge in [0.25, 0.3) is 11.8 Å². The molecule has 2 atom stereocenters. The van der Waals surface area contributed by atoms with Crippen LogP contribution >= 0.6 is 0 Å². The molecule has 34 heteroatoms. The van der Waals surface area contributed by atoms with Crippen LogP contribution in [0.5, 0.6) is 11.5 Å². The molecule has 4 N–H and O–H groups in total. The molecule has 2 amide bonds. The number of ether oxygens (including phenoxy) is 2. The fourth-order valence-corrected chi connectivity index (χ4v) is 9.68. The second-order valence-corrected chi connectivity index (χ2v) is 21.0. The lowest BCUT2D eigenvalue weighted by atomic mass is 9.76. The molecule has 0 fully saturated rings. The standard InChI is InChI=1S/C32H21F13N2O2.C32H17F13N2O2/c2*33-21-10-20(11-22(13-21)49-32(44,45)28(36)37)29(14-16-1-3-17(15-46)4-2-16,19-6-8-26(35)24(12-19)31(41,42)43)47-27(48)18-5-7-25(34)23(9-18)30(38,39)40/h1-13,28H,14-15,46H2,(H,47,48);1-13,28H,14H2,(H,47,48)/t2*29-/m11/s1. The van der Waals surface area contributed by atoms with Crippen LogP contribution in [0.1, 0.15) is 87.5 Å². The summed E-state index contributed by atoms with van der Waals surface area (Å²) in [5, 5.41) is 13.5. The van der Waals surface area contributed by atoms with Crippen molar-refractivity contribution >= 4 is 11.8 Å². The highest BCUT2D eigenvalue weighted by Crippen LogP contribution is 2.45. The van der Waals surface area contributed by atoms with E-state index in [1.165, 1.54) is 48.5 Å². The fraction of sp³-hybridized carbons (Fsp3) is 0.203. The van der Waals surface area contributed by atoms with Gasteiger partial charge in [-0.2, -0.15) is 93.1 Å². The van der Waals surface area contributed by atoms with Gasteiger partial charge >= 0.3 is 49.8 Å². The number of hydrogen-bond acceptors (Lipinski definition) is 6. The molecule has 0 radical (unpaired) electrons. The van der Waals surface area contributed by atoms with Crippen molar-refractivity contribution < 1.29 is 133 Å². The van der Waals surface area contributed by atoms with E-state index in [0.717, 1.165) is 0 Å². The molecule has 0 saturated heterocycles. The Morgan fingerprint density at radius 3 is 1.01 bits per heavy atom. The van der Waals surface area contributed by atoms with Crippen LogP contribution in [0.3, 0.4) is 0 Å². The Morgan fingerprint density at radius 1 is 0.398 bits per heavy atom. The van der Waals surface area contributed by atoms with Gasteiger partial charge in [-0.15, -0.1) is 0 Å². The van der Waals surface area contributed by atoms with E-state index in [0.29, 0.717) is 60.2 Å². The number of carbonyl (C=O) groups is 2. The van der Waals surface area contributed by atoms with E-state index in [9.17, 15) is 115 Å². The second-order valence-electron chi connectivity index (χ2n) is 21.0. The summed E-state index contributed by atoms with van der Waals surface area (Å²) < 4.78 is 367. The lowest BCUT2D eigenvalue weighted by molar-refractivity contribution is -0.253. The van der Waals surface area contributed by atoms with Gasteiger partial charge in [0.2, 0.25) is 0 Å². The molecule has 520 valence electrons. The zero-order valence-corrected chi connectivity index (χ0v) is 48.3. The molecule has 0 spiro atoms. The van der Waals surface area contributed by atoms with Crippen molar-refractivity contribution in [3.8, 4) is 17.6 Å². The predicted octanol–water partition coefficient (Wildman–Crippen LogP) is 17.9. The summed E-state index contributed by atoms with van der Waals surface area (Å²) in [7, 11) is 0. The van der Waals surface area contributed by atoms with E-state index in [4.69, 9.17) is 11.0 Å². The van der Waals surface area contributed by atoms with Crippen molar-refractivity contribution in [1.29, 1.82) is 5.26 Å². The van der Waals surface area contributed by atoms with Crippen LogP contribution < -0.4 is 25.8 Å². The molecule has 0 aliphatic carbocycles. The van der Waals surface area contributed by atoms with Gasteiger partial charge in [0.15, 0.2) is 0 Å². The predicted molar refractivity (Wildman–Crippen MR) is 291 cm³/mol. The topological polar surface area (TPSA) is 126 Å². The van der Waals surface area contributed by atoms with Crippen molar-refractivity contribution in [3.63, 3.8) is 0 Å². The van der Waals surface area contributed by atoms with Crippen LogP contribution in [0.4, 0.5) is 114 Å². The maximum atomic E-state index is 15.1. The van der Waals surface area contributed by atoms with E-state index in [1.54, 1.807) is 6.07 Å². The maximum absolute atomic E-state index is 15.1. The summed E-state index contributed by atoms with van der Waals surface area (Å²) in [6.45, 7) is 0.00408. The van der Waals surface area contributed by atoms with Crippen LogP contribution in [0.15, 0.2) is 158 Å². The number of halogens is 26. The van der Waals surface area contributed by atoms with Crippen molar-refractivity contribution in [1.82, 2.24) is 10.6 Å². The molecule has 8 rings (SSSR count). The summed E-state index contributed by atoms with van der Waals surface area (Å²) in [5.41, 5.74) is -11.8. The smallest absolute Gasteiger partial charge is 0.428 e. The highest BCUT2D eigenvalue weighted by Gasteiger charge is 2.48. The van der Waals surface area contributed by atoms with Gasteiger partial charge in [0.1, 0.15) is 46.4 Å². The first kappa shape index (κ1) is 75.3. The molecule has 0 bridgehead atoms. The Balaban J connectivity index is 0.000000276. The number of nitrogens with zero attached hydrogens (tertiary/aromatic N) is 1. The number of nitrogens with two attached hydrogens (primary N) is 1. The Labute approximate surface area is 533 Å². The lowest BCUT2D eigenvalue weighted by Crippen LogP contribution is -2.49. The first-order valence-corrected chi connectivity index (χ1v) is 27.0. The molecular weight excluding hydrogens is 1380 g/mol. The quantitative estimate of drug-likeness (QED) is 0.0692. The van der Waals surface area contributed by atoms with Crippen molar-refractivity contribution in [2.75, 3.05) is 0 Å². The SMILES string of the molecule is N#Cc1ccc(C[C@](NC(=O)c2ccc(F)c(C(F)(F)F)c2)(c2cc(F)cc(OC(F)(F)C(F)F)c2)c2ccc(F)c(C(F)(F)F)c2)cc1.NCc1ccc(C[C@](NC(=O)c2ccc(F)c(C(F)(F)F)c2)(c2cc(F)cc(OC(F)(F)C(F)F)c2)c2ccc(F)c(C(F)(F)F)c2)cc1.